The number of aryl methyl sites for hydroxylation is 1. The molecule has 1 saturated carbocycles. The summed E-state index contributed by atoms with van der Waals surface area (Å²) in [5, 5.41) is 0. The molecule has 1 aromatic rings. The molecule has 0 unspecified atom stereocenters. The van der Waals surface area contributed by atoms with Crippen LogP contribution in [0.25, 0.3) is 0 Å². The van der Waals surface area contributed by atoms with Crippen LogP contribution in [-0.2, 0) is 19.3 Å². The topological polar surface area (TPSA) is 35.2 Å². The van der Waals surface area contributed by atoms with Gasteiger partial charge in [0.2, 0.25) is 0 Å². The Morgan fingerprint density at radius 2 is 2.06 bits per heavy atom. The number of rotatable bonds is 3. The number of nitrogens with two attached hydrogens (primary N) is 1. The molecule has 0 atom stereocenters. The summed E-state index contributed by atoms with van der Waals surface area (Å²) >= 11 is 3.65. The summed E-state index contributed by atoms with van der Waals surface area (Å²) in [4.78, 5) is 0. The molecule has 0 radical (unpaired) electrons. The number of halogens is 1. The van der Waals surface area contributed by atoms with E-state index in [2.05, 4.69) is 22.0 Å². The van der Waals surface area contributed by atoms with Gasteiger partial charge in [-0.3, -0.25) is 0 Å². The summed E-state index contributed by atoms with van der Waals surface area (Å²) in [5.41, 5.74) is 10.7. The van der Waals surface area contributed by atoms with Crippen LogP contribution in [0.3, 0.4) is 0 Å². The Hall–Kier alpha value is -0.540. The van der Waals surface area contributed by atoms with Crippen LogP contribution >= 0.6 is 15.9 Å². The molecule has 3 rings (SSSR count). The van der Waals surface area contributed by atoms with E-state index in [1.807, 2.05) is 0 Å². The van der Waals surface area contributed by atoms with Gasteiger partial charge in [0, 0.05) is 11.1 Å². The van der Waals surface area contributed by atoms with Crippen LogP contribution in [0.1, 0.15) is 42.4 Å². The van der Waals surface area contributed by atoms with Crippen LogP contribution in [0.4, 0.5) is 0 Å². The largest absolute Gasteiger partial charge is 0.495 e. The van der Waals surface area contributed by atoms with E-state index in [-0.39, 0.29) is 5.54 Å². The van der Waals surface area contributed by atoms with Gasteiger partial charge in [0.15, 0.2) is 0 Å². The fourth-order valence-electron chi connectivity index (χ4n) is 3.03. The van der Waals surface area contributed by atoms with Crippen molar-refractivity contribution in [1.82, 2.24) is 0 Å². The lowest BCUT2D eigenvalue weighted by atomic mass is 9.85. The first-order chi connectivity index (χ1) is 8.63. The van der Waals surface area contributed by atoms with E-state index < -0.39 is 0 Å². The summed E-state index contributed by atoms with van der Waals surface area (Å²) in [7, 11) is 1.76. The molecule has 98 valence electrons. The average Bonchev–Trinajstić information content (AvgIpc) is 3.07. The number of benzene rings is 1. The van der Waals surface area contributed by atoms with Crippen molar-refractivity contribution in [3.05, 3.63) is 27.2 Å². The molecule has 2 aliphatic rings. The zero-order chi connectivity index (χ0) is 12.8. The van der Waals surface area contributed by atoms with E-state index in [0.29, 0.717) is 0 Å². The van der Waals surface area contributed by atoms with Crippen molar-refractivity contribution in [3.63, 3.8) is 0 Å². The van der Waals surface area contributed by atoms with Crippen LogP contribution < -0.4 is 10.5 Å². The summed E-state index contributed by atoms with van der Waals surface area (Å²) in [5.74, 6) is 1.01. The van der Waals surface area contributed by atoms with E-state index in [4.69, 9.17) is 10.5 Å². The lowest BCUT2D eigenvalue weighted by Crippen LogP contribution is -2.26. The Balaban J connectivity index is 2.08. The molecule has 0 aliphatic heterocycles. The quantitative estimate of drug-likeness (QED) is 0.929. The Bertz CT molecular complexity index is 480. The number of methoxy groups -OCH3 is 1. The molecule has 2 N–H and O–H groups in total. The highest BCUT2D eigenvalue weighted by Crippen LogP contribution is 2.43. The van der Waals surface area contributed by atoms with Crippen LogP contribution in [0.2, 0.25) is 0 Å². The lowest BCUT2D eigenvalue weighted by molar-refractivity contribution is 0.402. The van der Waals surface area contributed by atoms with Crippen molar-refractivity contribution in [3.8, 4) is 5.75 Å². The zero-order valence-electron chi connectivity index (χ0n) is 10.9. The highest BCUT2D eigenvalue weighted by Gasteiger charge is 2.40. The maximum atomic E-state index is 6.31. The number of ether oxygens (including phenoxy) is 1. The Morgan fingerprint density at radius 3 is 2.72 bits per heavy atom. The van der Waals surface area contributed by atoms with Crippen LogP contribution in [0.5, 0.6) is 5.75 Å². The molecular formula is C15H20BrNO. The second-order valence-electron chi connectivity index (χ2n) is 5.75. The van der Waals surface area contributed by atoms with Gasteiger partial charge >= 0.3 is 0 Å². The van der Waals surface area contributed by atoms with Gasteiger partial charge in [-0.2, -0.15) is 0 Å². The minimum Gasteiger partial charge on any atom is -0.495 e. The highest BCUT2D eigenvalue weighted by atomic mass is 79.9. The summed E-state index contributed by atoms with van der Waals surface area (Å²) < 4.78 is 6.70. The fraction of sp³-hybridized carbons (Fsp3) is 0.600. The van der Waals surface area contributed by atoms with Crippen molar-refractivity contribution < 1.29 is 4.74 Å². The Labute approximate surface area is 117 Å². The summed E-state index contributed by atoms with van der Waals surface area (Å²) in [6, 6.07) is 2.24. The first-order valence-electron chi connectivity index (χ1n) is 6.79. The van der Waals surface area contributed by atoms with Crippen molar-refractivity contribution in [2.24, 2.45) is 5.73 Å². The lowest BCUT2D eigenvalue weighted by Gasteiger charge is -2.24. The van der Waals surface area contributed by atoms with Gasteiger partial charge < -0.3 is 10.5 Å². The zero-order valence-corrected chi connectivity index (χ0v) is 12.5. The Morgan fingerprint density at radius 1 is 1.33 bits per heavy atom. The smallest absolute Gasteiger partial charge is 0.136 e. The number of fused-ring (bicyclic) bond motifs is 1. The van der Waals surface area contributed by atoms with Gasteiger partial charge in [0.25, 0.3) is 0 Å². The van der Waals surface area contributed by atoms with E-state index >= 15 is 0 Å². The maximum Gasteiger partial charge on any atom is 0.136 e. The molecule has 0 aromatic heterocycles. The standard InChI is InChI=1S/C15H20BrNO/c1-18-14-12(9-15(17)6-7-15)11-5-3-2-4-10(11)8-13(14)16/h8H,2-7,9,17H2,1H3. The minimum atomic E-state index is 0.0410. The second-order valence-corrected chi connectivity index (χ2v) is 6.61. The molecule has 2 nitrogen and oxygen atoms in total. The summed E-state index contributed by atoms with van der Waals surface area (Å²) in [6.45, 7) is 0. The van der Waals surface area contributed by atoms with E-state index in [1.54, 1.807) is 7.11 Å². The molecule has 3 heteroatoms. The van der Waals surface area contributed by atoms with Gasteiger partial charge in [0.1, 0.15) is 5.75 Å². The SMILES string of the molecule is COc1c(Br)cc2c(c1CC1(N)CC1)CCCC2. The van der Waals surface area contributed by atoms with Crippen LogP contribution in [0.15, 0.2) is 10.5 Å². The molecule has 0 saturated heterocycles. The summed E-state index contributed by atoms with van der Waals surface area (Å²) in [6.07, 6.45) is 8.25. The molecular weight excluding hydrogens is 290 g/mol. The first kappa shape index (κ1) is 12.5. The van der Waals surface area contributed by atoms with Crippen LogP contribution in [-0.4, -0.2) is 12.6 Å². The van der Waals surface area contributed by atoms with Crippen molar-refractivity contribution in [2.75, 3.05) is 7.11 Å². The average molecular weight is 310 g/mol. The van der Waals surface area contributed by atoms with E-state index in [9.17, 15) is 0 Å². The predicted octanol–water partition coefficient (Wildman–Crippen LogP) is 3.37. The molecule has 1 fully saturated rings. The molecule has 0 spiro atoms. The van der Waals surface area contributed by atoms with Crippen molar-refractivity contribution >= 4 is 15.9 Å². The van der Waals surface area contributed by atoms with Gasteiger partial charge in [-0.25, -0.2) is 0 Å². The molecule has 0 amide bonds. The third-order valence-electron chi connectivity index (χ3n) is 4.29. The van der Waals surface area contributed by atoms with E-state index in [0.717, 1.165) is 29.5 Å². The van der Waals surface area contributed by atoms with Gasteiger partial charge in [-0.1, -0.05) is 0 Å². The van der Waals surface area contributed by atoms with Gasteiger partial charge in [0.05, 0.1) is 11.6 Å². The first-order valence-corrected chi connectivity index (χ1v) is 7.58. The van der Waals surface area contributed by atoms with Crippen molar-refractivity contribution in [2.45, 2.75) is 50.5 Å². The number of hydrogen-bond acceptors (Lipinski definition) is 2. The normalized spacial score (nSPS) is 20.4. The monoisotopic (exact) mass is 309 g/mol. The molecule has 1 aromatic carbocycles. The van der Waals surface area contributed by atoms with E-state index in [1.165, 1.54) is 42.4 Å². The second kappa shape index (κ2) is 4.53. The Kier molecular flexibility index (Phi) is 3.15. The molecule has 18 heavy (non-hydrogen) atoms. The van der Waals surface area contributed by atoms with Crippen molar-refractivity contribution in [1.29, 1.82) is 0 Å². The molecule has 0 heterocycles. The third kappa shape index (κ3) is 2.19. The third-order valence-corrected chi connectivity index (χ3v) is 4.88. The fourth-order valence-corrected chi connectivity index (χ4v) is 3.71. The minimum absolute atomic E-state index is 0.0410. The van der Waals surface area contributed by atoms with Crippen LogP contribution in [0, 0.1) is 0 Å². The highest BCUT2D eigenvalue weighted by molar-refractivity contribution is 9.10. The molecule has 2 aliphatic carbocycles. The maximum absolute atomic E-state index is 6.31. The number of hydrogen-bond donors (Lipinski definition) is 1. The van der Waals surface area contributed by atoms with Gasteiger partial charge in [-0.05, 0) is 78.1 Å². The predicted molar refractivity (Wildman–Crippen MR) is 77.2 cm³/mol. The van der Waals surface area contributed by atoms with Gasteiger partial charge in [-0.15, -0.1) is 0 Å². The molecule has 0 bridgehead atoms.